The molecule has 0 spiro atoms. The topological polar surface area (TPSA) is 55.8 Å². The fourth-order valence-corrected chi connectivity index (χ4v) is 1.88. The van der Waals surface area contributed by atoms with Crippen LogP contribution in [0.15, 0.2) is 24.3 Å². The van der Waals surface area contributed by atoms with Crippen LogP contribution in [0.5, 0.6) is 0 Å². The largest absolute Gasteiger partial charge is 0.446 e. The van der Waals surface area contributed by atoms with E-state index in [2.05, 4.69) is 0 Å². The molecule has 122 valence electrons. The predicted octanol–water partition coefficient (Wildman–Crippen LogP) is 3.45. The van der Waals surface area contributed by atoms with E-state index in [0.717, 1.165) is 5.56 Å². The summed E-state index contributed by atoms with van der Waals surface area (Å²) in [5.74, 6) is -0.467. The molecule has 1 aromatic rings. The average molecular weight is 328 g/mol. The van der Waals surface area contributed by atoms with Crippen molar-refractivity contribution >= 4 is 23.7 Å². The first-order chi connectivity index (χ1) is 10.2. The lowest BCUT2D eigenvalue weighted by Gasteiger charge is -2.24. The van der Waals surface area contributed by atoms with Gasteiger partial charge >= 0.3 is 12.1 Å². The maximum atomic E-state index is 11.9. The van der Waals surface area contributed by atoms with Crippen molar-refractivity contribution in [3.63, 3.8) is 0 Å². The van der Waals surface area contributed by atoms with E-state index in [4.69, 9.17) is 21.1 Å². The minimum absolute atomic E-state index is 0.190. The van der Waals surface area contributed by atoms with E-state index in [-0.39, 0.29) is 6.07 Å². The van der Waals surface area contributed by atoms with E-state index < -0.39 is 17.7 Å². The standard InChI is InChI=1S/C16H22ClNO4/c1-16(2,3)22-15(20)18(4)10-9-12-7-5-6-8-13(12)14(19)21-11-17/h5-8H,9-11H2,1-4H3. The molecule has 1 rings (SSSR count). The van der Waals surface area contributed by atoms with Crippen molar-refractivity contribution in [3.05, 3.63) is 35.4 Å². The number of amides is 1. The van der Waals surface area contributed by atoms with Gasteiger partial charge < -0.3 is 14.4 Å². The number of ether oxygens (including phenoxy) is 2. The molecule has 0 aliphatic rings. The van der Waals surface area contributed by atoms with Crippen LogP contribution < -0.4 is 0 Å². The molecule has 0 atom stereocenters. The van der Waals surface area contributed by atoms with Crippen LogP contribution in [0.1, 0.15) is 36.7 Å². The highest BCUT2D eigenvalue weighted by molar-refractivity contribution is 6.17. The van der Waals surface area contributed by atoms with Crippen molar-refractivity contribution in [2.24, 2.45) is 0 Å². The number of likely N-dealkylation sites (N-methyl/N-ethyl adjacent to an activating group) is 1. The maximum Gasteiger partial charge on any atom is 0.410 e. The fourth-order valence-electron chi connectivity index (χ4n) is 1.78. The summed E-state index contributed by atoms with van der Waals surface area (Å²) in [6.07, 6.45) is 0.122. The molecule has 0 fully saturated rings. The molecule has 5 nitrogen and oxygen atoms in total. The summed E-state index contributed by atoms with van der Waals surface area (Å²) < 4.78 is 10.1. The SMILES string of the molecule is CN(CCc1ccccc1C(=O)OCCl)C(=O)OC(C)(C)C. The summed E-state index contributed by atoms with van der Waals surface area (Å²) >= 11 is 5.42. The third kappa shape index (κ3) is 5.93. The zero-order valence-electron chi connectivity index (χ0n) is 13.4. The first-order valence-electron chi connectivity index (χ1n) is 6.99. The van der Waals surface area contributed by atoms with Crippen molar-refractivity contribution < 1.29 is 19.1 Å². The van der Waals surface area contributed by atoms with Crippen molar-refractivity contribution in [1.82, 2.24) is 4.90 Å². The zero-order valence-corrected chi connectivity index (χ0v) is 14.1. The Balaban J connectivity index is 2.68. The monoisotopic (exact) mass is 327 g/mol. The summed E-state index contributed by atoms with van der Waals surface area (Å²) in [7, 11) is 1.66. The molecule has 0 aliphatic heterocycles. The fraction of sp³-hybridized carbons (Fsp3) is 0.500. The van der Waals surface area contributed by atoms with Crippen LogP contribution in [0, 0.1) is 0 Å². The van der Waals surface area contributed by atoms with Gasteiger partial charge in [0.1, 0.15) is 5.60 Å². The van der Waals surface area contributed by atoms with E-state index in [1.807, 2.05) is 32.9 Å². The van der Waals surface area contributed by atoms with Gasteiger partial charge in [0.05, 0.1) is 5.56 Å². The lowest BCUT2D eigenvalue weighted by atomic mass is 10.0. The number of hydrogen-bond donors (Lipinski definition) is 0. The second-order valence-electron chi connectivity index (χ2n) is 5.85. The molecule has 0 aromatic heterocycles. The lowest BCUT2D eigenvalue weighted by molar-refractivity contribution is 0.0301. The van der Waals surface area contributed by atoms with Crippen molar-refractivity contribution in [3.8, 4) is 0 Å². The Hall–Kier alpha value is -1.75. The summed E-state index contributed by atoms with van der Waals surface area (Å²) in [5, 5.41) is 0. The Morgan fingerprint density at radius 2 is 1.86 bits per heavy atom. The average Bonchev–Trinajstić information content (AvgIpc) is 2.43. The minimum atomic E-state index is -0.534. The number of esters is 1. The van der Waals surface area contributed by atoms with Gasteiger partial charge in [-0.3, -0.25) is 0 Å². The molecular weight excluding hydrogens is 306 g/mol. The number of rotatable bonds is 5. The molecule has 0 aliphatic carbocycles. The molecule has 0 radical (unpaired) electrons. The van der Waals surface area contributed by atoms with E-state index in [1.54, 1.807) is 19.2 Å². The highest BCUT2D eigenvalue weighted by atomic mass is 35.5. The number of alkyl halides is 1. The Kier molecular flexibility index (Phi) is 6.68. The van der Waals surface area contributed by atoms with Gasteiger partial charge in [0.25, 0.3) is 0 Å². The molecule has 0 saturated carbocycles. The van der Waals surface area contributed by atoms with Gasteiger partial charge in [-0.25, -0.2) is 9.59 Å². The molecule has 1 amide bonds. The number of halogens is 1. The van der Waals surface area contributed by atoms with Gasteiger partial charge in [-0.1, -0.05) is 29.8 Å². The smallest absolute Gasteiger partial charge is 0.410 e. The van der Waals surface area contributed by atoms with Crippen LogP contribution in [0.25, 0.3) is 0 Å². The summed E-state index contributed by atoms with van der Waals surface area (Å²) in [5.41, 5.74) is 0.724. The molecule has 0 saturated heterocycles. The predicted molar refractivity (Wildman–Crippen MR) is 85.1 cm³/mol. The number of nitrogens with zero attached hydrogens (tertiary/aromatic N) is 1. The van der Waals surface area contributed by atoms with E-state index in [9.17, 15) is 9.59 Å². The summed E-state index contributed by atoms with van der Waals surface area (Å²) in [4.78, 5) is 25.2. The summed E-state index contributed by atoms with van der Waals surface area (Å²) in [6, 6.07) is 6.91. The quantitative estimate of drug-likeness (QED) is 0.614. The van der Waals surface area contributed by atoms with E-state index >= 15 is 0 Å². The first kappa shape index (κ1) is 18.3. The molecule has 0 N–H and O–H groups in total. The molecule has 22 heavy (non-hydrogen) atoms. The second-order valence-corrected chi connectivity index (χ2v) is 6.07. The van der Waals surface area contributed by atoms with Gasteiger partial charge in [-0.05, 0) is 38.8 Å². The first-order valence-corrected chi connectivity index (χ1v) is 7.53. The molecule has 6 heteroatoms. The Bertz CT molecular complexity index is 525. The van der Waals surface area contributed by atoms with Gasteiger partial charge in [-0.2, -0.15) is 0 Å². The number of carbonyl (C=O) groups excluding carboxylic acids is 2. The van der Waals surface area contributed by atoms with Crippen molar-refractivity contribution in [2.45, 2.75) is 32.8 Å². The van der Waals surface area contributed by atoms with Gasteiger partial charge in [0.15, 0.2) is 6.07 Å². The van der Waals surface area contributed by atoms with E-state index in [1.165, 1.54) is 4.90 Å². The van der Waals surface area contributed by atoms with Gasteiger partial charge in [0, 0.05) is 13.6 Å². The normalized spacial score (nSPS) is 11.0. The van der Waals surface area contributed by atoms with Crippen LogP contribution in [0.3, 0.4) is 0 Å². The second kappa shape index (κ2) is 8.03. The van der Waals surface area contributed by atoms with Crippen LogP contribution in [-0.4, -0.2) is 42.2 Å². The third-order valence-electron chi connectivity index (χ3n) is 2.84. The Labute approximate surface area is 136 Å². The molecule has 0 heterocycles. The maximum absolute atomic E-state index is 11.9. The highest BCUT2D eigenvalue weighted by Crippen LogP contribution is 2.13. The van der Waals surface area contributed by atoms with Crippen molar-refractivity contribution in [1.29, 1.82) is 0 Å². The summed E-state index contributed by atoms with van der Waals surface area (Å²) in [6.45, 7) is 5.88. The van der Waals surface area contributed by atoms with Crippen LogP contribution in [0.4, 0.5) is 4.79 Å². The lowest BCUT2D eigenvalue weighted by Crippen LogP contribution is -2.35. The Morgan fingerprint density at radius 1 is 1.23 bits per heavy atom. The number of benzene rings is 1. The molecule has 0 bridgehead atoms. The van der Waals surface area contributed by atoms with Crippen LogP contribution in [-0.2, 0) is 15.9 Å². The number of carbonyl (C=O) groups is 2. The molecular formula is C16H22ClNO4. The van der Waals surface area contributed by atoms with Crippen LogP contribution >= 0.6 is 11.6 Å². The zero-order chi connectivity index (χ0) is 16.8. The molecule has 0 unspecified atom stereocenters. The highest BCUT2D eigenvalue weighted by Gasteiger charge is 2.20. The number of hydrogen-bond acceptors (Lipinski definition) is 4. The molecule has 1 aromatic carbocycles. The van der Waals surface area contributed by atoms with Gasteiger partial charge in [0.2, 0.25) is 0 Å². The minimum Gasteiger partial charge on any atom is -0.446 e. The van der Waals surface area contributed by atoms with Crippen LogP contribution in [0.2, 0.25) is 0 Å². The third-order valence-corrected chi connectivity index (χ3v) is 2.95. The Morgan fingerprint density at radius 3 is 2.45 bits per heavy atom. The van der Waals surface area contributed by atoms with E-state index in [0.29, 0.717) is 18.5 Å². The van der Waals surface area contributed by atoms with Crippen molar-refractivity contribution in [2.75, 3.05) is 19.7 Å². The van der Waals surface area contributed by atoms with Gasteiger partial charge in [-0.15, -0.1) is 0 Å².